The molecule has 0 N–H and O–H groups in total. The van der Waals surface area contributed by atoms with Gasteiger partial charge in [0.1, 0.15) is 6.54 Å². The topological polar surface area (TPSA) is 68.6 Å². The molecule has 18 heavy (non-hydrogen) atoms. The molecule has 102 valence electrons. The summed E-state index contributed by atoms with van der Waals surface area (Å²) < 4.78 is 32.0. The monoisotopic (exact) mass is 274 g/mol. The predicted molar refractivity (Wildman–Crippen MR) is 66.5 cm³/mol. The van der Waals surface area contributed by atoms with Crippen molar-refractivity contribution in [3.05, 3.63) is 18.5 Å². The molecule has 0 atom stereocenters. The summed E-state index contributed by atoms with van der Waals surface area (Å²) in [5, 5.41) is 0. The van der Waals surface area contributed by atoms with Crippen LogP contribution < -0.4 is 0 Å². The third kappa shape index (κ3) is 3.11. The number of hydrogen-bond acceptors (Lipinski definition) is 4. The van der Waals surface area contributed by atoms with Crippen molar-refractivity contribution < 1.29 is 17.9 Å². The van der Waals surface area contributed by atoms with Gasteiger partial charge in [0.05, 0.1) is 12.0 Å². The molecule has 1 rings (SSSR count). The Kier molecular flexibility index (Phi) is 4.53. The maximum Gasteiger partial charge on any atom is 0.321 e. The molecule has 1 aromatic heterocycles. The van der Waals surface area contributed by atoms with E-state index in [4.69, 9.17) is 0 Å². The highest BCUT2D eigenvalue weighted by molar-refractivity contribution is 7.89. The van der Waals surface area contributed by atoms with Gasteiger partial charge in [-0.3, -0.25) is 4.79 Å². The summed E-state index contributed by atoms with van der Waals surface area (Å²) in [6, 6.07) is 1.18. The van der Waals surface area contributed by atoms with Gasteiger partial charge in [-0.1, -0.05) is 0 Å². The van der Waals surface area contributed by atoms with Crippen molar-refractivity contribution in [1.82, 2.24) is 8.87 Å². The Morgan fingerprint density at radius 3 is 2.50 bits per heavy atom. The second kappa shape index (κ2) is 5.53. The zero-order valence-corrected chi connectivity index (χ0v) is 11.8. The van der Waals surface area contributed by atoms with Crippen molar-refractivity contribution in [3.63, 3.8) is 0 Å². The number of sulfonamides is 1. The van der Waals surface area contributed by atoms with Crippen molar-refractivity contribution in [3.8, 4) is 0 Å². The zero-order chi connectivity index (χ0) is 13.9. The van der Waals surface area contributed by atoms with Crippen molar-refractivity contribution in [2.45, 2.75) is 24.8 Å². The number of carbonyl (C=O) groups excluding carboxylic acids is 1. The Labute approximate surface area is 107 Å². The molecule has 0 spiro atoms. The number of hydrogen-bond donors (Lipinski definition) is 0. The van der Waals surface area contributed by atoms with Crippen LogP contribution in [0.5, 0.6) is 0 Å². The minimum Gasteiger partial charge on any atom is -0.468 e. The summed E-state index contributed by atoms with van der Waals surface area (Å²) in [6.07, 6.45) is 3.14. The summed E-state index contributed by atoms with van der Waals surface area (Å²) in [4.78, 5) is 11.4. The van der Waals surface area contributed by atoms with E-state index in [1.54, 1.807) is 31.7 Å². The van der Waals surface area contributed by atoms with Gasteiger partial charge in [0.2, 0.25) is 10.0 Å². The van der Waals surface area contributed by atoms with Crippen LogP contribution in [0, 0.1) is 0 Å². The predicted octanol–water partition coefficient (Wildman–Crippen LogP) is 0.597. The van der Waals surface area contributed by atoms with Crippen LogP contribution in [0.4, 0.5) is 0 Å². The maximum absolute atomic E-state index is 12.3. The second-order valence-corrected chi connectivity index (χ2v) is 6.12. The highest BCUT2D eigenvalue weighted by Gasteiger charge is 2.29. The Morgan fingerprint density at radius 2 is 2.11 bits per heavy atom. The van der Waals surface area contributed by atoms with E-state index in [1.165, 1.54) is 19.4 Å². The third-order valence-corrected chi connectivity index (χ3v) is 4.51. The van der Waals surface area contributed by atoms with Gasteiger partial charge in [-0.05, 0) is 19.9 Å². The Balaban J connectivity index is 3.09. The summed E-state index contributed by atoms with van der Waals surface area (Å²) in [5.41, 5.74) is 0. The first-order chi connectivity index (χ1) is 8.28. The quantitative estimate of drug-likeness (QED) is 0.737. The first kappa shape index (κ1) is 14.7. The second-order valence-electron chi connectivity index (χ2n) is 4.23. The average molecular weight is 274 g/mol. The first-order valence-electron chi connectivity index (χ1n) is 5.49. The molecule has 0 fully saturated rings. The number of aryl methyl sites for hydroxylation is 1. The van der Waals surface area contributed by atoms with Crippen LogP contribution in [-0.2, 0) is 26.6 Å². The lowest BCUT2D eigenvalue weighted by molar-refractivity contribution is -0.141. The van der Waals surface area contributed by atoms with E-state index in [1.807, 2.05) is 0 Å². The molecule has 0 aliphatic carbocycles. The molecule has 0 aromatic carbocycles. The maximum atomic E-state index is 12.3. The SMILES string of the molecule is COC(=O)CN(C(C)C)S(=O)(=O)c1ccn(C)c1. The highest BCUT2D eigenvalue weighted by atomic mass is 32.2. The van der Waals surface area contributed by atoms with Crippen LogP contribution in [-0.4, -0.2) is 43.0 Å². The van der Waals surface area contributed by atoms with Gasteiger partial charge < -0.3 is 9.30 Å². The van der Waals surface area contributed by atoms with Crippen molar-refractivity contribution in [2.75, 3.05) is 13.7 Å². The molecule has 0 saturated carbocycles. The van der Waals surface area contributed by atoms with Gasteiger partial charge in [-0.2, -0.15) is 4.31 Å². The minimum absolute atomic E-state index is 0.169. The molecular weight excluding hydrogens is 256 g/mol. The number of aromatic nitrogens is 1. The summed E-state index contributed by atoms with van der Waals surface area (Å²) >= 11 is 0. The van der Waals surface area contributed by atoms with Gasteiger partial charge in [-0.15, -0.1) is 0 Å². The Hall–Kier alpha value is -1.34. The molecule has 0 unspecified atom stereocenters. The number of carbonyl (C=O) groups is 1. The van der Waals surface area contributed by atoms with Crippen molar-refractivity contribution >= 4 is 16.0 Å². The fourth-order valence-electron chi connectivity index (χ4n) is 1.50. The van der Waals surface area contributed by atoms with Crippen LogP contribution in [0.1, 0.15) is 13.8 Å². The van der Waals surface area contributed by atoms with Gasteiger partial charge in [-0.25, -0.2) is 8.42 Å². The van der Waals surface area contributed by atoms with Gasteiger partial charge >= 0.3 is 5.97 Å². The van der Waals surface area contributed by atoms with Crippen molar-refractivity contribution in [1.29, 1.82) is 0 Å². The fraction of sp³-hybridized carbons (Fsp3) is 0.545. The van der Waals surface area contributed by atoms with E-state index in [0.29, 0.717) is 0 Å². The van der Waals surface area contributed by atoms with E-state index in [0.717, 1.165) is 4.31 Å². The fourth-order valence-corrected chi connectivity index (χ4v) is 3.14. The standard InChI is InChI=1S/C11H18N2O4S/c1-9(2)13(8-11(14)17-4)18(15,16)10-5-6-12(3)7-10/h5-7,9H,8H2,1-4H3. The van der Waals surface area contributed by atoms with Crippen LogP contribution in [0.3, 0.4) is 0 Å². The van der Waals surface area contributed by atoms with E-state index < -0.39 is 16.0 Å². The van der Waals surface area contributed by atoms with E-state index in [2.05, 4.69) is 4.74 Å². The minimum atomic E-state index is -3.67. The molecule has 0 aliphatic heterocycles. The van der Waals surface area contributed by atoms with Crippen molar-refractivity contribution in [2.24, 2.45) is 7.05 Å². The lowest BCUT2D eigenvalue weighted by Gasteiger charge is -2.24. The lowest BCUT2D eigenvalue weighted by atomic mass is 10.4. The molecule has 1 heterocycles. The lowest BCUT2D eigenvalue weighted by Crippen LogP contribution is -2.40. The van der Waals surface area contributed by atoms with Crippen LogP contribution >= 0.6 is 0 Å². The molecule has 0 amide bonds. The van der Waals surface area contributed by atoms with Gasteiger partial charge in [0.15, 0.2) is 0 Å². The zero-order valence-electron chi connectivity index (χ0n) is 11.0. The molecule has 0 aliphatic rings. The van der Waals surface area contributed by atoms with Crippen LogP contribution in [0.2, 0.25) is 0 Å². The summed E-state index contributed by atoms with van der Waals surface area (Å²) in [5.74, 6) is -0.580. The van der Waals surface area contributed by atoms with Crippen LogP contribution in [0.15, 0.2) is 23.4 Å². The largest absolute Gasteiger partial charge is 0.468 e. The molecular formula is C11H18N2O4S. The van der Waals surface area contributed by atoms with Crippen LogP contribution in [0.25, 0.3) is 0 Å². The number of esters is 1. The smallest absolute Gasteiger partial charge is 0.321 e. The molecule has 0 saturated heterocycles. The number of rotatable bonds is 5. The average Bonchev–Trinajstić information content (AvgIpc) is 2.72. The number of nitrogens with zero attached hydrogens (tertiary/aromatic N) is 2. The molecule has 6 nitrogen and oxygen atoms in total. The molecule has 1 aromatic rings. The Bertz CT molecular complexity index is 519. The number of ether oxygens (including phenoxy) is 1. The number of methoxy groups -OCH3 is 1. The van der Waals surface area contributed by atoms with E-state index in [-0.39, 0.29) is 17.5 Å². The summed E-state index contributed by atoms with van der Waals surface area (Å²) in [7, 11) is -0.706. The Morgan fingerprint density at radius 1 is 1.50 bits per heavy atom. The van der Waals surface area contributed by atoms with E-state index >= 15 is 0 Å². The molecule has 0 radical (unpaired) electrons. The van der Waals surface area contributed by atoms with Gasteiger partial charge in [0.25, 0.3) is 0 Å². The summed E-state index contributed by atoms with van der Waals surface area (Å²) in [6.45, 7) is 3.14. The van der Waals surface area contributed by atoms with Gasteiger partial charge in [0, 0.05) is 25.5 Å². The molecule has 7 heteroatoms. The van der Waals surface area contributed by atoms with E-state index in [9.17, 15) is 13.2 Å². The highest BCUT2D eigenvalue weighted by Crippen LogP contribution is 2.18. The normalized spacial score (nSPS) is 12.1. The first-order valence-corrected chi connectivity index (χ1v) is 6.93. The molecule has 0 bridgehead atoms. The third-order valence-electron chi connectivity index (χ3n) is 2.50.